The number of nitro benzene ring substituents is 1. The van der Waals surface area contributed by atoms with Crippen molar-refractivity contribution >= 4 is 22.0 Å². The molecule has 0 amide bonds. The van der Waals surface area contributed by atoms with Crippen LogP contribution in [0.4, 0.5) is 5.69 Å². The van der Waals surface area contributed by atoms with Crippen LogP contribution in [0.1, 0.15) is 31.4 Å². The molecule has 0 saturated carbocycles. The highest BCUT2D eigenvalue weighted by atomic mass is 16.6. The van der Waals surface area contributed by atoms with Gasteiger partial charge in [0.2, 0.25) is 0 Å². The van der Waals surface area contributed by atoms with Gasteiger partial charge in [0, 0.05) is 29.3 Å². The zero-order valence-electron chi connectivity index (χ0n) is 13.8. The molecule has 2 aromatic carbocycles. The van der Waals surface area contributed by atoms with Crippen LogP contribution >= 0.6 is 0 Å². The molecule has 1 heterocycles. The van der Waals surface area contributed by atoms with Crippen LogP contribution in [0.3, 0.4) is 0 Å². The number of aromatic nitrogens is 1. The van der Waals surface area contributed by atoms with Crippen LogP contribution in [0, 0.1) is 10.1 Å². The van der Waals surface area contributed by atoms with Gasteiger partial charge in [-0.15, -0.1) is 0 Å². The number of nitrogens with zero attached hydrogens (tertiary/aromatic N) is 2. The summed E-state index contributed by atoms with van der Waals surface area (Å²) in [4.78, 5) is 15.4. The third-order valence-electron chi connectivity index (χ3n) is 4.76. The number of non-ortho nitro benzene ring substituents is 1. The summed E-state index contributed by atoms with van der Waals surface area (Å²) < 4.78 is 0. The van der Waals surface area contributed by atoms with Gasteiger partial charge in [-0.05, 0) is 54.3 Å². The Bertz CT molecular complexity index is 975. The Morgan fingerprint density at radius 2 is 1.80 bits per heavy atom. The highest BCUT2D eigenvalue weighted by Gasteiger charge is 2.17. The van der Waals surface area contributed by atoms with E-state index in [9.17, 15) is 10.1 Å². The zero-order valence-corrected chi connectivity index (χ0v) is 13.8. The summed E-state index contributed by atoms with van der Waals surface area (Å²) in [5.41, 5.74) is 4.44. The maximum Gasteiger partial charge on any atom is 0.269 e. The van der Waals surface area contributed by atoms with Gasteiger partial charge in [0.05, 0.1) is 10.6 Å². The fraction of sp³-hybridized carbons (Fsp3) is 0.190. The molecule has 0 fully saturated rings. The van der Waals surface area contributed by atoms with E-state index < -0.39 is 0 Å². The van der Waals surface area contributed by atoms with Gasteiger partial charge < -0.3 is 0 Å². The summed E-state index contributed by atoms with van der Waals surface area (Å²) in [5.74, 6) is 0. The predicted octanol–water partition coefficient (Wildman–Crippen LogP) is 5.77. The minimum Gasteiger partial charge on any atom is -0.258 e. The number of hydrogen-bond acceptors (Lipinski definition) is 3. The average molecular weight is 330 g/mol. The van der Waals surface area contributed by atoms with E-state index in [2.05, 4.69) is 18.2 Å². The standard InChI is InChI=1S/C21H18N2O2/c24-23(25)18-12-10-15(11-13-18)20-19-9-5-4-8-17(19)14-22-21(20)16-6-2-1-3-7-16/h4-6,8-14H,1-3,7H2. The van der Waals surface area contributed by atoms with Crippen LogP contribution < -0.4 is 0 Å². The van der Waals surface area contributed by atoms with Crippen LogP contribution in [0.2, 0.25) is 0 Å². The van der Waals surface area contributed by atoms with Crippen molar-refractivity contribution in [2.45, 2.75) is 25.7 Å². The second-order valence-electron chi connectivity index (χ2n) is 6.35. The number of rotatable bonds is 3. The van der Waals surface area contributed by atoms with Gasteiger partial charge in [-0.25, -0.2) is 0 Å². The van der Waals surface area contributed by atoms with Crippen LogP contribution in [0.5, 0.6) is 0 Å². The first-order valence-corrected chi connectivity index (χ1v) is 8.56. The van der Waals surface area contributed by atoms with Gasteiger partial charge in [0.15, 0.2) is 0 Å². The van der Waals surface area contributed by atoms with Crippen molar-refractivity contribution in [1.82, 2.24) is 4.98 Å². The van der Waals surface area contributed by atoms with E-state index in [1.165, 1.54) is 18.4 Å². The van der Waals surface area contributed by atoms with Gasteiger partial charge in [-0.2, -0.15) is 0 Å². The summed E-state index contributed by atoms with van der Waals surface area (Å²) >= 11 is 0. The number of allylic oxidation sites excluding steroid dienone is 2. The summed E-state index contributed by atoms with van der Waals surface area (Å²) in [6.45, 7) is 0. The minimum atomic E-state index is -0.365. The number of hydrogen-bond donors (Lipinski definition) is 0. The van der Waals surface area contributed by atoms with Crippen LogP contribution in [0.25, 0.3) is 27.5 Å². The Kier molecular flexibility index (Phi) is 4.02. The predicted molar refractivity (Wildman–Crippen MR) is 100 cm³/mol. The van der Waals surface area contributed by atoms with E-state index in [-0.39, 0.29) is 10.6 Å². The second-order valence-corrected chi connectivity index (χ2v) is 6.35. The minimum absolute atomic E-state index is 0.107. The third kappa shape index (κ3) is 2.91. The molecule has 4 heteroatoms. The molecule has 25 heavy (non-hydrogen) atoms. The van der Waals surface area contributed by atoms with Crippen molar-refractivity contribution in [2.75, 3.05) is 0 Å². The van der Waals surface area contributed by atoms with Crippen molar-refractivity contribution in [3.8, 4) is 11.1 Å². The van der Waals surface area contributed by atoms with E-state index in [4.69, 9.17) is 4.98 Å². The third-order valence-corrected chi connectivity index (χ3v) is 4.76. The van der Waals surface area contributed by atoms with Crippen molar-refractivity contribution in [3.05, 3.63) is 76.6 Å². The normalized spacial score (nSPS) is 14.3. The Hall–Kier alpha value is -3.01. The molecule has 4 nitrogen and oxygen atoms in total. The highest BCUT2D eigenvalue weighted by molar-refractivity contribution is 6.00. The lowest BCUT2D eigenvalue weighted by molar-refractivity contribution is -0.384. The fourth-order valence-electron chi connectivity index (χ4n) is 3.50. The van der Waals surface area contributed by atoms with Gasteiger partial charge >= 0.3 is 0 Å². The first-order valence-electron chi connectivity index (χ1n) is 8.56. The zero-order chi connectivity index (χ0) is 17.2. The molecule has 0 saturated heterocycles. The molecule has 1 aliphatic rings. The Balaban J connectivity index is 1.95. The SMILES string of the molecule is O=[N+]([O-])c1ccc(-c2c(C3=CCCCC3)ncc3ccccc23)cc1. The van der Waals surface area contributed by atoms with E-state index in [1.807, 2.05) is 30.5 Å². The molecule has 124 valence electrons. The van der Waals surface area contributed by atoms with Crippen molar-refractivity contribution < 1.29 is 4.92 Å². The van der Waals surface area contributed by atoms with Gasteiger partial charge in [-0.3, -0.25) is 15.1 Å². The van der Waals surface area contributed by atoms with Crippen LogP contribution in [-0.4, -0.2) is 9.91 Å². The smallest absolute Gasteiger partial charge is 0.258 e. The molecule has 0 radical (unpaired) electrons. The lowest BCUT2D eigenvalue weighted by Gasteiger charge is -2.17. The van der Waals surface area contributed by atoms with Crippen molar-refractivity contribution in [3.63, 3.8) is 0 Å². The van der Waals surface area contributed by atoms with Gasteiger partial charge in [-0.1, -0.05) is 30.3 Å². The van der Waals surface area contributed by atoms with E-state index in [0.29, 0.717) is 0 Å². The second kappa shape index (κ2) is 6.48. The summed E-state index contributed by atoms with van der Waals surface area (Å²) in [6.07, 6.45) is 8.74. The van der Waals surface area contributed by atoms with E-state index in [1.54, 1.807) is 12.1 Å². The van der Waals surface area contributed by atoms with E-state index in [0.717, 1.165) is 40.4 Å². The topological polar surface area (TPSA) is 56.0 Å². The molecular weight excluding hydrogens is 312 g/mol. The van der Waals surface area contributed by atoms with Crippen molar-refractivity contribution in [1.29, 1.82) is 0 Å². The van der Waals surface area contributed by atoms with Crippen LogP contribution in [0.15, 0.2) is 60.8 Å². The quantitative estimate of drug-likeness (QED) is 0.452. The molecular formula is C21H18N2O2. The summed E-state index contributed by atoms with van der Waals surface area (Å²) in [6, 6.07) is 15.0. The summed E-state index contributed by atoms with van der Waals surface area (Å²) in [7, 11) is 0. The number of fused-ring (bicyclic) bond motifs is 1. The maximum atomic E-state index is 11.0. The largest absolute Gasteiger partial charge is 0.269 e. The molecule has 0 unspecified atom stereocenters. The molecule has 0 aliphatic heterocycles. The average Bonchev–Trinajstić information content (AvgIpc) is 2.68. The van der Waals surface area contributed by atoms with E-state index >= 15 is 0 Å². The fourth-order valence-corrected chi connectivity index (χ4v) is 3.50. The molecule has 0 N–H and O–H groups in total. The lowest BCUT2D eigenvalue weighted by atomic mass is 9.89. The first-order chi connectivity index (χ1) is 12.2. The molecule has 1 aromatic heterocycles. The highest BCUT2D eigenvalue weighted by Crippen LogP contribution is 2.37. The monoisotopic (exact) mass is 330 g/mol. The number of nitro groups is 1. The molecule has 0 atom stereocenters. The number of pyridine rings is 1. The number of benzene rings is 2. The Morgan fingerprint density at radius 3 is 2.52 bits per heavy atom. The molecule has 0 spiro atoms. The maximum absolute atomic E-state index is 11.0. The lowest BCUT2D eigenvalue weighted by Crippen LogP contribution is -1.99. The molecule has 0 bridgehead atoms. The van der Waals surface area contributed by atoms with Crippen molar-refractivity contribution in [2.24, 2.45) is 0 Å². The Morgan fingerprint density at radius 1 is 1.00 bits per heavy atom. The van der Waals surface area contributed by atoms with Gasteiger partial charge in [0.1, 0.15) is 0 Å². The molecule has 3 aromatic rings. The molecule has 1 aliphatic carbocycles. The Labute approximate surface area is 146 Å². The molecule has 4 rings (SSSR count). The van der Waals surface area contributed by atoms with Gasteiger partial charge in [0.25, 0.3) is 5.69 Å². The first kappa shape index (κ1) is 15.5. The summed E-state index contributed by atoms with van der Waals surface area (Å²) in [5, 5.41) is 13.2. The van der Waals surface area contributed by atoms with Crippen LogP contribution in [-0.2, 0) is 0 Å².